The summed E-state index contributed by atoms with van der Waals surface area (Å²) in [6.45, 7) is 16.6. The highest BCUT2D eigenvalue weighted by molar-refractivity contribution is 5.75. The number of unbranched alkanes of at least 4 members (excludes halogenated alkanes) is 12. The van der Waals surface area contributed by atoms with Crippen molar-refractivity contribution in [1.29, 1.82) is 0 Å². The number of aliphatic hydroxyl groups excluding tert-OH is 1. The molecule has 0 radical (unpaired) electrons. The van der Waals surface area contributed by atoms with Gasteiger partial charge in [-0.1, -0.05) is 105 Å². The molecule has 1 heterocycles. The molecule has 5 fully saturated rings. The molecule has 0 aromatic rings. The van der Waals surface area contributed by atoms with Gasteiger partial charge in [0, 0.05) is 19.4 Å². The minimum absolute atomic E-state index is 0.00236. The van der Waals surface area contributed by atoms with Crippen LogP contribution in [0.25, 0.3) is 0 Å². The van der Waals surface area contributed by atoms with Crippen LogP contribution in [-0.2, 0) is 14.3 Å². The van der Waals surface area contributed by atoms with Gasteiger partial charge in [0.25, 0.3) is 0 Å². The van der Waals surface area contributed by atoms with Crippen molar-refractivity contribution in [2.75, 3.05) is 26.2 Å². The van der Waals surface area contributed by atoms with Gasteiger partial charge < -0.3 is 20.1 Å². The Kier molecular flexibility index (Phi) is 20.0. The topological polar surface area (TPSA) is 78.9 Å². The van der Waals surface area contributed by atoms with Crippen molar-refractivity contribution in [1.82, 2.24) is 10.2 Å². The van der Waals surface area contributed by atoms with Crippen LogP contribution in [0.5, 0.6) is 0 Å². The zero-order valence-corrected chi connectivity index (χ0v) is 38.6. The van der Waals surface area contributed by atoms with Crippen LogP contribution in [0.3, 0.4) is 0 Å². The van der Waals surface area contributed by atoms with Gasteiger partial charge in [-0.3, -0.25) is 9.59 Å². The molecule has 0 aromatic heterocycles. The zero-order valence-electron chi connectivity index (χ0n) is 38.6. The molecule has 0 aromatic carbocycles. The van der Waals surface area contributed by atoms with Gasteiger partial charge in [0.15, 0.2) is 0 Å². The third kappa shape index (κ3) is 12.8. The van der Waals surface area contributed by atoms with E-state index in [4.69, 9.17) is 4.74 Å². The van der Waals surface area contributed by atoms with Gasteiger partial charge in [0.1, 0.15) is 6.10 Å². The minimum Gasteiger partial charge on any atom is -0.462 e. The first-order chi connectivity index (χ1) is 28.1. The highest BCUT2D eigenvalue weighted by Crippen LogP contribution is 2.69. The molecule has 5 rings (SSSR count). The molecule has 0 unspecified atom stereocenters. The lowest BCUT2D eigenvalue weighted by atomic mass is 9.41. The van der Waals surface area contributed by atoms with Crippen LogP contribution >= 0.6 is 0 Å². The third-order valence-corrected chi connectivity index (χ3v) is 17.3. The number of carbonyl (C=O) groups is 2. The minimum atomic E-state index is -0.271. The highest BCUT2D eigenvalue weighted by Gasteiger charge is 2.65. The first kappa shape index (κ1) is 47.6. The number of esters is 1. The quantitative estimate of drug-likeness (QED) is 0.0517. The van der Waals surface area contributed by atoms with E-state index in [0.717, 1.165) is 64.3 Å². The van der Waals surface area contributed by atoms with Crippen LogP contribution in [0.2, 0.25) is 0 Å². The zero-order chi connectivity index (χ0) is 41.4. The Bertz CT molecular complexity index is 1230. The molecule has 58 heavy (non-hydrogen) atoms. The van der Waals surface area contributed by atoms with Crippen LogP contribution in [0, 0.1) is 52.3 Å². The molecule has 6 nitrogen and oxygen atoms in total. The fourth-order valence-corrected chi connectivity index (χ4v) is 14.0. The molecule has 0 spiro atoms. The van der Waals surface area contributed by atoms with Crippen LogP contribution in [-0.4, -0.2) is 60.3 Å². The Morgan fingerprint density at radius 2 is 1.43 bits per heavy atom. The standard InChI is InChI=1S/C52H92N2O4/c1-6-8-9-10-11-12-13-14-15-16-17-18-19-20-21-26-48(56)58-41-31-33-52(5)45-32-34-51(4)43(28-29-44(51)49(45)50(57)42(7-2)46(52)39-41)40(3)27-30-47(55)53-35-22-23-36-54-37-24-25-38-54/h15-16,40-46,49-50,57H,6-14,17-39H2,1-5H3,(H,53,55)/b16-15+/t40-,41-,42-,43-,44+,45+,46+,49+,50-,51-,52-/m1/s1. The second-order valence-corrected chi connectivity index (χ2v) is 21.0. The molecule has 5 aliphatic rings. The van der Waals surface area contributed by atoms with Crippen molar-refractivity contribution in [2.24, 2.45) is 52.3 Å². The Hall–Kier alpha value is -1.40. The van der Waals surface area contributed by atoms with Gasteiger partial charge >= 0.3 is 5.97 Å². The maximum absolute atomic E-state index is 13.1. The molecule has 1 aliphatic heterocycles. The number of ether oxygens (including phenoxy) is 1. The number of allylic oxidation sites excluding steroid dienone is 2. The number of amides is 1. The molecule has 1 amide bonds. The SMILES string of the molecule is CCCCCCCCC/C=C/CCCCCCC(=O)O[C@@H]1CC[C@@]2(C)[C@@H](C1)[C@@H](CC)[C@@H](O)[C@@H]1[C@@H]2CC[C@]2(C)[C@@H]([C@H](C)CCC(=O)NCCCCN3CCCC3)CC[C@@H]12. The molecule has 334 valence electrons. The summed E-state index contributed by atoms with van der Waals surface area (Å²) in [5.74, 6) is 3.54. The maximum Gasteiger partial charge on any atom is 0.306 e. The number of carbonyl (C=O) groups excluding carboxylic acids is 2. The Balaban J connectivity index is 1.01. The second-order valence-electron chi connectivity index (χ2n) is 21.0. The molecule has 4 aliphatic carbocycles. The molecular weight excluding hydrogens is 717 g/mol. The van der Waals surface area contributed by atoms with Gasteiger partial charge in [-0.2, -0.15) is 0 Å². The van der Waals surface area contributed by atoms with E-state index in [1.807, 2.05) is 0 Å². The van der Waals surface area contributed by atoms with Crippen molar-refractivity contribution in [2.45, 2.75) is 227 Å². The number of likely N-dealkylation sites (tertiary alicyclic amines) is 1. The van der Waals surface area contributed by atoms with Crippen molar-refractivity contribution >= 4 is 11.9 Å². The summed E-state index contributed by atoms with van der Waals surface area (Å²) in [6, 6.07) is 0. The van der Waals surface area contributed by atoms with Crippen LogP contribution < -0.4 is 5.32 Å². The van der Waals surface area contributed by atoms with Gasteiger partial charge in [-0.15, -0.1) is 0 Å². The normalized spacial score (nSPS) is 34.1. The number of aliphatic hydroxyl groups is 1. The summed E-state index contributed by atoms with van der Waals surface area (Å²) in [6.07, 6.45) is 36.9. The van der Waals surface area contributed by atoms with E-state index in [-0.39, 0.29) is 40.8 Å². The van der Waals surface area contributed by atoms with Crippen molar-refractivity contribution in [3.8, 4) is 0 Å². The molecular formula is C52H92N2O4. The van der Waals surface area contributed by atoms with Gasteiger partial charge in [0.2, 0.25) is 5.91 Å². The summed E-state index contributed by atoms with van der Waals surface area (Å²) in [7, 11) is 0. The predicted octanol–water partition coefficient (Wildman–Crippen LogP) is 12.6. The monoisotopic (exact) mass is 809 g/mol. The summed E-state index contributed by atoms with van der Waals surface area (Å²) in [5, 5.41) is 15.6. The number of hydrogen-bond acceptors (Lipinski definition) is 5. The van der Waals surface area contributed by atoms with Crippen molar-refractivity contribution in [3.05, 3.63) is 12.2 Å². The number of nitrogens with zero attached hydrogens (tertiary/aromatic N) is 1. The summed E-state index contributed by atoms with van der Waals surface area (Å²) < 4.78 is 6.22. The first-order valence-corrected chi connectivity index (χ1v) is 25.6. The lowest BCUT2D eigenvalue weighted by molar-refractivity contribution is -0.207. The van der Waals surface area contributed by atoms with E-state index in [1.165, 1.54) is 129 Å². The smallest absolute Gasteiger partial charge is 0.306 e. The molecule has 6 heteroatoms. The Morgan fingerprint density at radius 1 is 0.776 bits per heavy atom. The van der Waals surface area contributed by atoms with E-state index in [9.17, 15) is 14.7 Å². The first-order valence-electron chi connectivity index (χ1n) is 25.6. The third-order valence-electron chi connectivity index (χ3n) is 17.3. The van der Waals surface area contributed by atoms with E-state index in [1.54, 1.807) is 0 Å². The Labute approximate surface area is 357 Å². The van der Waals surface area contributed by atoms with Gasteiger partial charge in [0.05, 0.1) is 6.10 Å². The average Bonchev–Trinajstić information content (AvgIpc) is 3.86. The number of nitrogens with one attached hydrogen (secondary N) is 1. The van der Waals surface area contributed by atoms with E-state index in [0.29, 0.717) is 48.3 Å². The Morgan fingerprint density at radius 3 is 2.14 bits per heavy atom. The summed E-state index contributed by atoms with van der Waals surface area (Å²) >= 11 is 0. The molecule has 4 saturated carbocycles. The molecule has 0 bridgehead atoms. The summed E-state index contributed by atoms with van der Waals surface area (Å²) in [4.78, 5) is 28.5. The fourth-order valence-electron chi connectivity index (χ4n) is 14.0. The van der Waals surface area contributed by atoms with Gasteiger partial charge in [-0.05, 0) is 181 Å². The van der Waals surface area contributed by atoms with E-state index >= 15 is 0 Å². The number of hydrogen-bond donors (Lipinski definition) is 2. The van der Waals surface area contributed by atoms with Crippen molar-refractivity contribution in [3.63, 3.8) is 0 Å². The largest absolute Gasteiger partial charge is 0.462 e. The molecule has 11 atom stereocenters. The molecule has 1 saturated heterocycles. The molecule has 2 N–H and O–H groups in total. The fraction of sp³-hybridized carbons (Fsp3) is 0.923. The lowest BCUT2D eigenvalue weighted by Crippen LogP contribution is -2.62. The van der Waals surface area contributed by atoms with Crippen LogP contribution in [0.4, 0.5) is 0 Å². The lowest BCUT2D eigenvalue weighted by Gasteiger charge is -2.65. The van der Waals surface area contributed by atoms with Crippen LogP contribution in [0.15, 0.2) is 12.2 Å². The number of rotatable bonds is 26. The van der Waals surface area contributed by atoms with Gasteiger partial charge in [-0.25, -0.2) is 0 Å². The second kappa shape index (κ2) is 24.3. The summed E-state index contributed by atoms with van der Waals surface area (Å²) in [5.41, 5.74) is 0.444. The van der Waals surface area contributed by atoms with E-state index < -0.39 is 0 Å². The highest BCUT2D eigenvalue weighted by atomic mass is 16.5. The van der Waals surface area contributed by atoms with Crippen LogP contribution in [0.1, 0.15) is 214 Å². The maximum atomic E-state index is 13.1. The van der Waals surface area contributed by atoms with Crippen molar-refractivity contribution < 1.29 is 19.4 Å². The average molecular weight is 809 g/mol. The van der Waals surface area contributed by atoms with E-state index in [2.05, 4.69) is 57.0 Å². The number of fused-ring (bicyclic) bond motifs is 5. The predicted molar refractivity (Wildman–Crippen MR) is 241 cm³/mol.